The number of esters is 1. The van der Waals surface area contributed by atoms with Crippen molar-refractivity contribution in [3.05, 3.63) is 36.0 Å². The lowest BCUT2D eigenvalue weighted by atomic mass is 9.94. The zero-order valence-electron chi connectivity index (χ0n) is 66.0. The average Bonchev–Trinajstić information content (AvgIpc) is 1.45. The topological polar surface area (TPSA) is 693 Å². The summed E-state index contributed by atoms with van der Waals surface area (Å²) < 4.78 is 5.80. The molecule has 3 rings (SSSR count). The van der Waals surface area contributed by atoms with Crippen LogP contribution in [0.4, 0.5) is 0 Å². The Morgan fingerprint density at radius 2 is 1.18 bits per heavy atom. The van der Waals surface area contributed by atoms with Gasteiger partial charge in [0.2, 0.25) is 88.6 Å². The lowest BCUT2D eigenvalue weighted by Gasteiger charge is -2.32. The van der Waals surface area contributed by atoms with Crippen molar-refractivity contribution in [2.45, 2.75) is 243 Å². The van der Waals surface area contributed by atoms with Crippen molar-refractivity contribution in [3.63, 3.8) is 0 Å². The normalized spacial score (nSPS) is 22.1. The van der Waals surface area contributed by atoms with Crippen molar-refractivity contribution in [2.75, 3.05) is 26.7 Å². The Balaban J connectivity index is 2.26. The predicted molar refractivity (Wildman–Crippen MR) is 406 cm³/mol. The summed E-state index contributed by atoms with van der Waals surface area (Å²) in [5.41, 5.74) is 17.9. The number of carboxylic acids is 4. The molecule has 1 aliphatic heterocycles. The summed E-state index contributed by atoms with van der Waals surface area (Å²) in [4.78, 5) is 277. The highest BCUT2D eigenvalue weighted by atomic mass is 16.5. The number of carbonyl (C=O) groups is 20. The fraction of sp³-hybridized carbons (Fsp3) is 0.616. The molecular weight excluding hydrogens is 1530 g/mol. The number of amides is 15. The van der Waals surface area contributed by atoms with Gasteiger partial charge < -0.3 is 121 Å². The number of aromatic amines is 1. The van der Waals surface area contributed by atoms with Crippen molar-refractivity contribution in [2.24, 2.45) is 35.0 Å². The third-order valence-corrected chi connectivity index (χ3v) is 19.1. The van der Waals surface area contributed by atoms with Gasteiger partial charge in [-0.1, -0.05) is 91.3 Å². The standard InChI is InChI=1S/C73H111N17O26/c1-9-35(3)19-13-11-12-14-23-51(93)80-45(28-40-32-77-42-21-16-15-20-41(40)42)65(106)83-44(24-25-54(96)97)63(104)85-47(30-50(76)92)68(109)88-59-39(7)116-73(115)58(36(4)10-2)87-70(111)57(37(5)27-55(98)99)86-67(108)46(29-49(75)91)81-52(94)33-78-69(110)60(61(102)72(113)114)89-64(105)43(22-17-18-26-74)82-66(107)48(31-56(100)101)84-62(103)38(6)79-53(95)34-90(8)71(59)112/h15-16,20-21,32,35-39,43-48,57-61,77,102H,9-14,17-19,22-31,33-34,74H2,1-8H3,(H2,75,91)(H2,76,92)(H,78,110)(H,79,95)(H,80,93)(H,81,94)(H,82,107)(H,83,106)(H,84,103)(H,85,104)(H,86,108)(H,87,111)(H,88,109)(H,89,105)(H,96,97)(H,98,99)(H,100,101)(H,113,114)/t35?,36?,37?,38-,39+,43+,44+,45-,46+,47-,48-,57?,58-,59-,60-,61?/m0/s1. The number of nitrogens with two attached hydrogens (primary N) is 3. The van der Waals surface area contributed by atoms with Crippen LogP contribution in [0.3, 0.4) is 0 Å². The number of benzene rings is 1. The van der Waals surface area contributed by atoms with E-state index in [-0.39, 0.29) is 38.6 Å². The van der Waals surface area contributed by atoms with Crippen LogP contribution in [0, 0.1) is 17.8 Å². The number of para-hydroxylation sites is 1. The molecule has 24 N–H and O–H groups in total. The lowest BCUT2D eigenvalue weighted by molar-refractivity contribution is -0.159. The van der Waals surface area contributed by atoms with E-state index < -0.39 is 267 Å². The molecule has 0 radical (unpaired) electrons. The van der Waals surface area contributed by atoms with Gasteiger partial charge in [-0.05, 0) is 81.9 Å². The molecule has 43 nitrogen and oxygen atoms in total. The molecule has 1 fully saturated rings. The first kappa shape index (κ1) is 98.3. The molecule has 0 bridgehead atoms. The quantitative estimate of drug-likeness (QED) is 0.0222. The van der Waals surface area contributed by atoms with Gasteiger partial charge in [0.25, 0.3) is 0 Å². The number of fused-ring (bicyclic) bond motifs is 1. The van der Waals surface area contributed by atoms with Gasteiger partial charge in [-0.25, -0.2) is 9.59 Å². The van der Waals surface area contributed by atoms with Crippen LogP contribution in [0.15, 0.2) is 30.5 Å². The summed E-state index contributed by atoms with van der Waals surface area (Å²) in [6, 6.07) is -15.1. The van der Waals surface area contributed by atoms with Crippen molar-refractivity contribution in [3.8, 4) is 0 Å². The molecule has 16 atom stereocenters. The number of aliphatic hydroxyl groups is 1. The minimum atomic E-state index is -2.83. The second-order valence-electron chi connectivity index (χ2n) is 28.7. The predicted octanol–water partition coefficient (Wildman–Crippen LogP) is -5.21. The number of aromatic nitrogens is 1. The van der Waals surface area contributed by atoms with E-state index in [1.807, 2.05) is 16.0 Å². The van der Waals surface area contributed by atoms with Crippen LogP contribution in [-0.4, -0.2) is 259 Å². The monoisotopic (exact) mass is 1640 g/mol. The number of H-pyrrole nitrogens is 1. The molecule has 1 aliphatic rings. The van der Waals surface area contributed by atoms with E-state index in [9.17, 15) is 121 Å². The van der Waals surface area contributed by atoms with Crippen molar-refractivity contribution in [1.29, 1.82) is 0 Å². The SMILES string of the molecule is CCC(C)CCCCCCC(=O)N[C@@H](Cc1c[nH]c2ccccc12)C(=O)N[C@H](CCC(=O)O)C(=O)N[C@@H](CC(N)=O)C(=O)N[C@@H]1C(=O)N(C)CC(=O)N[C@@H](C)C(=O)N[C@@H](CC(=O)O)C(=O)N[C@H](CCCCN)C(=O)N[C@@H](C(O)C(=O)O)C(=O)NCC(=O)N[C@H](CC(N)=O)C(=O)NC(C(C)CC(=O)O)C(=O)N[C@@H](C(C)CC)C(=O)O[C@@H]1C. The van der Waals surface area contributed by atoms with Crippen LogP contribution in [0.5, 0.6) is 0 Å². The number of unbranched alkanes of at least 4 members (excludes halogenated alkanes) is 4. The number of hydrogen-bond donors (Lipinski definition) is 21. The highest BCUT2D eigenvalue weighted by molar-refractivity contribution is 6.02. The molecule has 1 saturated heterocycles. The summed E-state index contributed by atoms with van der Waals surface area (Å²) in [6.45, 7) is 7.91. The van der Waals surface area contributed by atoms with Crippen molar-refractivity contribution in [1.82, 2.24) is 73.7 Å². The number of nitrogens with one attached hydrogen (secondary N) is 13. The highest BCUT2D eigenvalue weighted by Gasteiger charge is 2.43. The molecule has 15 amide bonds. The molecule has 43 heteroatoms. The number of carboxylic acid groups (broad SMARTS) is 4. The maximum Gasteiger partial charge on any atom is 0.335 e. The zero-order valence-corrected chi connectivity index (χ0v) is 66.0. The van der Waals surface area contributed by atoms with Gasteiger partial charge in [-0.3, -0.25) is 86.3 Å². The van der Waals surface area contributed by atoms with E-state index in [1.165, 1.54) is 13.8 Å². The molecular formula is C73H111N17O26. The number of rotatable bonds is 37. The van der Waals surface area contributed by atoms with Gasteiger partial charge in [0, 0.05) is 43.4 Å². The third-order valence-electron chi connectivity index (χ3n) is 19.1. The molecule has 644 valence electrons. The molecule has 2 heterocycles. The summed E-state index contributed by atoms with van der Waals surface area (Å²) in [5.74, 6) is -29.9. The van der Waals surface area contributed by atoms with Crippen LogP contribution in [0.25, 0.3) is 10.9 Å². The number of aliphatic hydroxyl groups excluding tert-OH is 1. The summed E-state index contributed by atoms with van der Waals surface area (Å²) in [7, 11) is 0.937. The van der Waals surface area contributed by atoms with Gasteiger partial charge in [0.05, 0.1) is 38.8 Å². The van der Waals surface area contributed by atoms with Crippen LogP contribution >= 0.6 is 0 Å². The Morgan fingerprint density at radius 3 is 1.79 bits per heavy atom. The largest absolute Gasteiger partial charge is 0.481 e. The van der Waals surface area contributed by atoms with E-state index >= 15 is 0 Å². The number of hydrogen-bond acceptors (Lipinski definition) is 23. The maximum absolute atomic E-state index is 15.0. The third kappa shape index (κ3) is 33.6. The fourth-order valence-electron chi connectivity index (χ4n) is 12.0. The number of aliphatic carboxylic acids is 4. The molecule has 0 aliphatic carbocycles. The molecule has 0 saturated carbocycles. The Kier molecular flexibility index (Phi) is 41.5. The minimum Gasteiger partial charge on any atom is -0.481 e. The lowest BCUT2D eigenvalue weighted by Crippen LogP contribution is -2.62. The summed E-state index contributed by atoms with van der Waals surface area (Å²) in [6.07, 6.45) is -4.63. The smallest absolute Gasteiger partial charge is 0.335 e. The van der Waals surface area contributed by atoms with E-state index in [0.717, 1.165) is 53.5 Å². The van der Waals surface area contributed by atoms with Gasteiger partial charge in [-0.2, -0.15) is 0 Å². The summed E-state index contributed by atoms with van der Waals surface area (Å²) in [5, 5.41) is 77.4. The van der Waals surface area contributed by atoms with E-state index in [2.05, 4.69) is 66.7 Å². The molecule has 5 unspecified atom stereocenters. The Hall–Kier alpha value is -11.9. The second-order valence-corrected chi connectivity index (χ2v) is 28.7. The van der Waals surface area contributed by atoms with E-state index in [1.54, 1.807) is 30.5 Å². The molecule has 2 aromatic rings. The molecule has 116 heavy (non-hydrogen) atoms. The van der Waals surface area contributed by atoms with E-state index in [4.69, 9.17) is 21.9 Å². The first-order valence-corrected chi connectivity index (χ1v) is 37.9. The summed E-state index contributed by atoms with van der Waals surface area (Å²) >= 11 is 0. The number of ether oxygens (including phenoxy) is 1. The zero-order chi connectivity index (χ0) is 87.4. The minimum absolute atomic E-state index is 0.000771. The van der Waals surface area contributed by atoms with Crippen LogP contribution in [-0.2, 0) is 107 Å². The van der Waals surface area contributed by atoms with Gasteiger partial charge in [-0.15, -0.1) is 0 Å². The van der Waals surface area contributed by atoms with Crippen LogP contribution in [0.2, 0.25) is 0 Å². The van der Waals surface area contributed by atoms with Gasteiger partial charge in [0.1, 0.15) is 72.6 Å². The van der Waals surface area contributed by atoms with Crippen molar-refractivity contribution >= 4 is 129 Å². The van der Waals surface area contributed by atoms with E-state index in [0.29, 0.717) is 40.1 Å². The number of cyclic esters (lactones) is 1. The van der Waals surface area contributed by atoms with Crippen molar-refractivity contribution < 1.29 is 126 Å². The highest BCUT2D eigenvalue weighted by Crippen LogP contribution is 2.22. The molecule has 1 aromatic heterocycles. The fourth-order valence-corrected chi connectivity index (χ4v) is 12.0. The number of likely N-dealkylation sites (N-methyl/N-ethyl adjacent to an activating group) is 1. The first-order valence-electron chi connectivity index (χ1n) is 37.9. The molecule has 0 spiro atoms. The van der Waals surface area contributed by atoms with Gasteiger partial charge in [0.15, 0.2) is 6.10 Å². The first-order chi connectivity index (χ1) is 54.5. The number of carbonyl (C=O) groups excluding carboxylic acids is 16. The van der Waals surface area contributed by atoms with Crippen LogP contribution in [0.1, 0.15) is 163 Å². The molecule has 1 aromatic carbocycles. The maximum atomic E-state index is 15.0. The number of nitrogens with zero attached hydrogens (tertiary/aromatic N) is 1. The Labute approximate surface area is 667 Å². The second kappa shape index (κ2) is 49.0. The average molecular weight is 1640 g/mol. The van der Waals surface area contributed by atoms with Crippen LogP contribution < -0.4 is 81.0 Å². The number of primary amides is 2. The Bertz CT molecular complexity index is 3860. The Morgan fingerprint density at radius 1 is 0.578 bits per heavy atom. The van der Waals surface area contributed by atoms with Gasteiger partial charge >= 0.3 is 29.8 Å².